The van der Waals surface area contributed by atoms with Gasteiger partial charge in [-0.3, -0.25) is 4.79 Å². The van der Waals surface area contributed by atoms with Gasteiger partial charge in [0.25, 0.3) is 0 Å². The molecular weight excluding hydrogens is 350 g/mol. The molecule has 1 amide bonds. The third kappa shape index (κ3) is 4.42. The topological polar surface area (TPSA) is 65.4 Å². The molecule has 0 unspecified atom stereocenters. The van der Waals surface area contributed by atoms with Crippen molar-refractivity contribution >= 4 is 35.0 Å². The summed E-state index contributed by atoms with van der Waals surface area (Å²) in [5.74, 6) is -0.244. The fraction of sp³-hybridized carbons (Fsp3) is 0.200. The molecular formula is C20H18ClN3O2. The first-order valence-corrected chi connectivity index (χ1v) is 8.65. The largest absolute Gasteiger partial charge is 0.378 e. The van der Waals surface area contributed by atoms with Crippen LogP contribution < -0.4 is 10.2 Å². The summed E-state index contributed by atoms with van der Waals surface area (Å²) in [6.07, 6.45) is 3.17. The summed E-state index contributed by atoms with van der Waals surface area (Å²) in [6, 6.07) is 14.5. The summed E-state index contributed by atoms with van der Waals surface area (Å²) < 4.78 is 5.38. The van der Waals surface area contributed by atoms with Gasteiger partial charge in [0.2, 0.25) is 5.91 Å². The number of amides is 1. The fourth-order valence-corrected chi connectivity index (χ4v) is 3.03. The number of carbonyl (C=O) groups excluding carboxylic acids is 1. The molecule has 26 heavy (non-hydrogen) atoms. The first-order valence-electron chi connectivity index (χ1n) is 8.28. The van der Waals surface area contributed by atoms with E-state index in [0.717, 1.165) is 24.3 Å². The van der Waals surface area contributed by atoms with Crippen LogP contribution in [0.2, 0.25) is 5.02 Å². The molecule has 5 nitrogen and oxygen atoms in total. The maximum absolute atomic E-state index is 12.3. The Hall–Kier alpha value is -2.81. The third-order valence-electron chi connectivity index (χ3n) is 4.04. The Morgan fingerprint density at radius 2 is 1.92 bits per heavy atom. The number of hydrogen-bond donors (Lipinski definition) is 1. The first-order chi connectivity index (χ1) is 12.7. The van der Waals surface area contributed by atoms with E-state index in [-0.39, 0.29) is 5.91 Å². The van der Waals surface area contributed by atoms with Crippen LogP contribution in [0.3, 0.4) is 0 Å². The molecule has 3 rings (SSSR count). The van der Waals surface area contributed by atoms with E-state index in [1.165, 1.54) is 6.08 Å². The molecule has 1 N–H and O–H groups in total. The second-order valence-corrected chi connectivity index (χ2v) is 6.20. The number of morpholine rings is 1. The number of halogens is 1. The average Bonchev–Trinajstić information content (AvgIpc) is 2.67. The van der Waals surface area contributed by atoms with Gasteiger partial charge in [0, 0.05) is 19.2 Å². The lowest BCUT2D eigenvalue weighted by Crippen LogP contribution is -2.37. The van der Waals surface area contributed by atoms with Crippen molar-refractivity contribution in [1.29, 1.82) is 5.26 Å². The molecule has 0 aromatic heterocycles. The van der Waals surface area contributed by atoms with Crippen molar-refractivity contribution in [2.75, 3.05) is 36.5 Å². The standard InChI is InChI=1S/C20H18ClN3O2/c21-17-2-1-3-18(20(17)24-10-12-26-13-11-24)23-19(25)9-8-15-4-6-16(14-22)7-5-15/h1-9H,10-13H2,(H,23,25)/b9-8+. The Morgan fingerprint density at radius 3 is 2.62 bits per heavy atom. The van der Waals surface area contributed by atoms with E-state index in [4.69, 9.17) is 21.6 Å². The summed E-state index contributed by atoms with van der Waals surface area (Å²) in [5, 5.41) is 12.3. The highest BCUT2D eigenvalue weighted by molar-refractivity contribution is 6.34. The summed E-state index contributed by atoms with van der Waals surface area (Å²) in [6.45, 7) is 2.73. The maximum atomic E-state index is 12.3. The van der Waals surface area contributed by atoms with Gasteiger partial charge in [-0.25, -0.2) is 0 Å². The molecule has 1 aliphatic heterocycles. The van der Waals surface area contributed by atoms with Crippen molar-refractivity contribution in [2.24, 2.45) is 0 Å². The van der Waals surface area contributed by atoms with Crippen LogP contribution in [-0.4, -0.2) is 32.2 Å². The van der Waals surface area contributed by atoms with E-state index >= 15 is 0 Å². The van der Waals surface area contributed by atoms with Gasteiger partial charge in [0.1, 0.15) is 0 Å². The minimum Gasteiger partial charge on any atom is -0.378 e. The number of ether oxygens (including phenoxy) is 1. The number of hydrogen-bond acceptors (Lipinski definition) is 4. The molecule has 0 spiro atoms. The summed E-state index contributed by atoms with van der Waals surface area (Å²) in [5.41, 5.74) is 2.92. The van der Waals surface area contributed by atoms with Crippen molar-refractivity contribution in [3.8, 4) is 6.07 Å². The average molecular weight is 368 g/mol. The van der Waals surface area contributed by atoms with E-state index in [0.29, 0.717) is 29.5 Å². The monoisotopic (exact) mass is 367 g/mol. The van der Waals surface area contributed by atoms with Gasteiger partial charge in [0.15, 0.2) is 0 Å². The van der Waals surface area contributed by atoms with Gasteiger partial charge < -0.3 is 15.0 Å². The predicted molar refractivity (Wildman–Crippen MR) is 103 cm³/mol. The number of benzene rings is 2. The van der Waals surface area contributed by atoms with Crippen LogP contribution in [-0.2, 0) is 9.53 Å². The molecule has 2 aromatic carbocycles. The number of nitriles is 1. The van der Waals surface area contributed by atoms with Gasteiger partial charge in [0.05, 0.1) is 41.2 Å². The zero-order valence-corrected chi connectivity index (χ0v) is 14.9. The molecule has 1 fully saturated rings. The van der Waals surface area contributed by atoms with Crippen LogP contribution in [0.5, 0.6) is 0 Å². The van der Waals surface area contributed by atoms with Crippen LogP contribution in [0.15, 0.2) is 48.5 Å². The third-order valence-corrected chi connectivity index (χ3v) is 4.34. The second-order valence-electron chi connectivity index (χ2n) is 5.79. The zero-order chi connectivity index (χ0) is 18.4. The Morgan fingerprint density at radius 1 is 1.19 bits per heavy atom. The molecule has 0 bridgehead atoms. The lowest BCUT2D eigenvalue weighted by molar-refractivity contribution is -0.111. The summed E-state index contributed by atoms with van der Waals surface area (Å²) >= 11 is 6.37. The van der Waals surface area contributed by atoms with Crippen molar-refractivity contribution in [3.63, 3.8) is 0 Å². The van der Waals surface area contributed by atoms with Crippen molar-refractivity contribution in [1.82, 2.24) is 0 Å². The Kier molecular flexibility index (Phi) is 5.90. The van der Waals surface area contributed by atoms with Crippen molar-refractivity contribution in [2.45, 2.75) is 0 Å². The highest BCUT2D eigenvalue weighted by Gasteiger charge is 2.18. The van der Waals surface area contributed by atoms with Crippen LogP contribution in [0, 0.1) is 11.3 Å². The number of anilines is 2. The lowest BCUT2D eigenvalue weighted by Gasteiger charge is -2.31. The van der Waals surface area contributed by atoms with Crippen molar-refractivity contribution in [3.05, 3.63) is 64.7 Å². The van der Waals surface area contributed by atoms with Crippen molar-refractivity contribution < 1.29 is 9.53 Å². The van der Waals surface area contributed by atoms with E-state index < -0.39 is 0 Å². The summed E-state index contributed by atoms with van der Waals surface area (Å²) in [4.78, 5) is 14.4. The highest BCUT2D eigenvalue weighted by atomic mass is 35.5. The lowest BCUT2D eigenvalue weighted by atomic mass is 10.1. The molecule has 1 saturated heterocycles. The molecule has 1 heterocycles. The molecule has 0 atom stereocenters. The maximum Gasteiger partial charge on any atom is 0.248 e. The molecule has 0 aliphatic carbocycles. The molecule has 0 radical (unpaired) electrons. The number of rotatable bonds is 4. The zero-order valence-electron chi connectivity index (χ0n) is 14.1. The van der Waals surface area contributed by atoms with Gasteiger partial charge in [-0.1, -0.05) is 29.8 Å². The van der Waals surface area contributed by atoms with E-state index in [9.17, 15) is 4.79 Å². The fourth-order valence-electron chi connectivity index (χ4n) is 2.74. The minimum atomic E-state index is -0.244. The smallest absolute Gasteiger partial charge is 0.248 e. The second kappa shape index (κ2) is 8.52. The van der Waals surface area contributed by atoms with Gasteiger partial charge >= 0.3 is 0 Å². The Balaban J connectivity index is 1.73. The number of para-hydroxylation sites is 1. The van der Waals surface area contributed by atoms with E-state index in [2.05, 4.69) is 16.3 Å². The number of carbonyl (C=O) groups is 1. The quantitative estimate of drug-likeness (QED) is 0.837. The van der Waals surface area contributed by atoms with E-state index in [1.807, 2.05) is 18.2 Å². The van der Waals surface area contributed by atoms with Crippen LogP contribution in [0.4, 0.5) is 11.4 Å². The number of nitrogens with zero attached hydrogens (tertiary/aromatic N) is 2. The summed E-state index contributed by atoms with van der Waals surface area (Å²) in [7, 11) is 0. The molecule has 6 heteroatoms. The minimum absolute atomic E-state index is 0.244. The van der Waals surface area contributed by atoms with Gasteiger partial charge in [-0.2, -0.15) is 5.26 Å². The van der Waals surface area contributed by atoms with Crippen LogP contribution in [0.1, 0.15) is 11.1 Å². The Bertz CT molecular complexity index is 850. The molecule has 1 aliphatic rings. The molecule has 2 aromatic rings. The normalized spacial score (nSPS) is 14.2. The first kappa shape index (κ1) is 18.0. The molecule has 132 valence electrons. The van der Waals surface area contributed by atoms with Crippen LogP contribution in [0.25, 0.3) is 6.08 Å². The molecule has 0 saturated carbocycles. The van der Waals surface area contributed by atoms with Gasteiger partial charge in [-0.05, 0) is 35.9 Å². The SMILES string of the molecule is N#Cc1ccc(/C=C/C(=O)Nc2cccc(Cl)c2N2CCOCC2)cc1. The number of nitrogens with one attached hydrogen (secondary N) is 1. The highest BCUT2D eigenvalue weighted by Crippen LogP contribution is 2.34. The van der Waals surface area contributed by atoms with Gasteiger partial charge in [-0.15, -0.1) is 0 Å². The van der Waals surface area contributed by atoms with E-state index in [1.54, 1.807) is 30.3 Å². The predicted octanol–water partition coefficient (Wildman–Crippen LogP) is 3.70. The van der Waals surface area contributed by atoms with Crippen LogP contribution >= 0.6 is 11.6 Å². The Labute approximate surface area is 157 Å².